The van der Waals surface area contributed by atoms with Crippen molar-refractivity contribution < 1.29 is 42.4 Å². The summed E-state index contributed by atoms with van der Waals surface area (Å²) >= 11 is 6.22. The fourth-order valence-corrected chi connectivity index (χ4v) is 4.33. The average molecular weight is 534 g/mol. The molecular weight excluding hydrogens is 515 g/mol. The number of amides is 1. The van der Waals surface area contributed by atoms with Crippen LogP contribution in [0.25, 0.3) is 5.76 Å². The van der Waals surface area contributed by atoms with Crippen LogP contribution in [0, 0.1) is 0 Å². The van der Waals surface area contributed by atoms with Crippen LogP contribution in [0.5, 0.6) is 17.2 Å². The van der Waals surface area contributed by atoms with Crippen LogP contribution in [0.1, 0.15) is 22.7 Å². The van der Waals surface area contributed by atoms with Crippen molar-refractivity contribution in [1.82, 2.24) is 0 Å². The number of carbonyl (C=O) groups is 2. The highest BCUT2D eigenvalue weighted by molar-refractivity contribution is 6.51. The molecule has 0 bridgehead atoms. The zero-order valence-electron chi connectivity index (χ0n) is 19.3. The summed E-state index contributed by atoms with van der Waals surface area (Å²) in [5.74, 6) is -2.79. The molecule has 1 aliphatic rings. The van der Waals surface area contributed by atoms with Crippen LogP contribution in [0.4, 0.5) is 18.9 Å². The maximum atomic E-state index is 13.4. The summed E-state index contributed by atoms with van der Waals surface area (Å²) in [6, 6.07) is 10.6. The highest BCUT2D eigenvalue weighted by atomic mass is 35.5. The minimum atomic E-state index is -4.70. The van der Waals surface area contributed by atoms with Crippen molar-refractivity contribution in [3.63, 3.8) is 0 Å². The predicted molar refractivity (Wildman–Crippen MR) is 129 cm³/mol. The monoisotopic (exact) mass is 533 g/mol. The first-order valence-corrected chi connectivity index (χ1v) is 11.0. The van der Waals surface area contributed by atoms with Crippen LogP contribution in [0.15, 0.2) is 66.2 Å². The standard InChI is InChI=1S/C26H19ClF3NO6/c1-36-19-12-20(37-2)18(27)11-17(19)23(33)21-22(13-6-8-16(32)9-7-13)31(25(35)24(21)34)15-5-3-4-14(10-15)26(28,29)30/h3-12,22,32-33H,1-2H3/b23-21+. The lowest BCUT2D eigenvalue weighted by molar-refractivity contribution is -0.137. The molecule has 1 heterocycles. The molecule has 0 spiro atoms. The number of phenolic OH excluding ortho intramolecular Hbond substituents is 1. The van der Waals surface area contributed by atoms with Crippen LogP contribution < -0.4 is 14.4 Å². The van der Waals surface area contributed by atoms with Crippen molar-refractivity contribution in [2.24, 2.45) is 0 Å². The number of aromatic hydroxyl groups is 1. The molecule has 7 nitrogen and oxygen atoms in total. The van der Waals surface area contributed by atoms with Crippen molar-refractivity contribution in [2.75, 3.05) is 19.1 Å². The number of hydrogen-bond donors (Lipinski definition) is 2. The Morgan fingerprint density at radius 2 is 1.62 bits per heavy atom. The number of rotatable bonds is 5. The topological polar surface area (TPSA) is 96.3 Å². The second-order valence-electron chi connectivity index (χ2n) is 8.00. The smallest absolute Gasteiger partial charge is 0.416 e. The summed E-state index contributed by atoms with van der Waals surface area (Å²) in [4.78, 5) is 27.3. The number of halogens is 4. The minimum absolute atomic E-state index is 0.0425. The Morgan fingerprint density at radius 1 is 0.973 bits per heavy atom. The number of aliphatic hydroxyl groups excluding tert-OH is 1. The van der Waals surface area contributed by atoms with Gasteiger partial charge >= 0.3 is 6.18 Å². The van der Waals surface area contributed by atoms with Gasteiger partial charge in [0, 0.05) is 11.8 Å². The largest absolute Gasteiger partial charge is 0.508 e. The lowest BCUT2D eigenvalue weighted by atomic mass is 9.94. The Bertz CT molecular complexity index is 1420. The van der Waals surface area contributed by atoms with E-state index in [2.05, 4.69) is 0 Å². The number of anilines is 1. The third kappa shape index (κ3) is 4.67. The maximum absolute atomic E-state index is 13.4. The molecule has 192 valence electrons. The van der Waals surface area contributed by atoms with E-state index < -0.39 is 40.8 Å². The van der Waals surface area contributed by atoms with E-state index >= 15 is 0 Å². The molecule has 4 rings (SSSR count). The molecule has 37 heavy (non-hydrogen) atoms. The minimum Gasteiger partial charge on any atom is -0.508 e. The number of nitrogens with zero attached hydrogens (tertiary/aromatic N) is 1. The zero-order chi connectivity index (χ0) is 27.1. The van der Waals surface area contributed by atoms with E-state index in [-0.39, 0.29) is 39.1 Å². The van der Waals surface area contributed by atoms with E-state index in [4.69, 9.17) is 21.1 Å². The van der Waals surface area contributed by atoms with Gasteiger partial charge < -0.3 is 19.7 Å². The van der Waals surface area contributed by atoms with Gasteiger partial charge in [-0.3, -0.25) is 14.5 Å². The first-order chi connectivity index (χ1) is 17.5. The van der Waals surface area contributed by atoms with E-state index in [0.717, 1.165) is 23.1 Å². The molecule has 1 unspecified atom stereocenters. The normalized spacial score (nSPS) is 17.2. The van der Waals surface area contributed by atoms with E-state index in [1.807, 2.05) is 0 Å². The molecule has 0 saturated carbocycles. The highest BCUT2D eigenvalue weighted by Gasteiger charge is 2.47. The summed E-state index contributed by atoms with van der Waals surface area (Å²) < 4.78 is 50.7. The number of aliphatic hydroxyl groups is 1. The molecule has 2 N–H and O–H groups in total. The Kier molecular flexibility index (Phi) is 6.79. The molecule has 1 aliphatic heterocycles. The second kappa shape index (κ2) is 9.70. The summed E-state index contributed by atoms with van der Waals surface area (Å²) in [5, 5.41) is 21.1. The summed E-state index contributed by atoms with van der Waals surface area (Å²) in [5.41, 5.74) is -1.45. The van der Waals surface area contributed by atoms with Gasteiger partial charge in [-0.15, -0.1) is 0 Å². The number of alkyl halides is 3. The molecular formula is C26H19ClF3NO6. The number of ether oxygens (including phenoxy) is 2. The van der Waals surface area contributed by atoms with Gasteiger partial charge in [-0.2, -0.15) is 13.2 Å². The van der Waals surface area contributed by atoms with E-state index in [0.29, 0.717) is 0 Å². The number of carbonyl (C=O) groups excluding carboxylic acids is 2. The van der Waals surface area contributed by atoms with Crippen LogP contribution >= 0.6 is 11.6 Å². The van der Waals surface area contributed by atoms with Crippen LogP contribution in [-0.4, -0.2) is 36.1 Å². The Morgan fingerprint density at radius 3 is 2.22 bits per heavy atom. The van der Waals surface area contributed by atoms with Gasteiger partial charge in [0.1, 0.15) is 23.0 Å². The first-order valence-electron chi connectivity index (χ1n) is 10.7. The number of Topliss-reactive ketones (excluding diaryl/α,β-unsaturated/α-hetero) is 1. The van der Waals surface area contributed by atoms with Gasteiger partial charge in [0.2, 0.25) is 0 Å². The average Bonchev–Trinajstić information content (AvgIpc) is 3.13. The van der Waals surface area contributed by atoms with Gasteiger partial charge in [0.25, 0.3) is 11.7 Å². The molecule has 0 aromatic heterocycles. The fourth-order valence-electron chi connectivity index (χ4n) is 4.09. The third-order valence-electron chi connectivity index (χ3n) is 5.83. The molecule has 0 radical (unpaired) electrons. The number of ketones is 1. The van der Waals surface area contributed by atoms with Crippen molar-refractivity contribution in [2.45, 2.75) is 12.2 Å². The van der Waals surface area contributed by atoms with Crippen LogP contribution in [-0.2, 0) is 15.8 Å². The molecule has 3 aromatic rings. The zero-order valence-corrected chi connectivity index (χ0v) is 20.1. The molecule has 1 saturated heterocycles. The van der Waals surface area contributed by atoms with Gasteiger partial charge in [0.15, 0.2) is 0 Å². The quantitative estimate of drug-likeness (QED) is 0.248. The van der Waals surface area contributed by atoms with Crippen molar-refractivity contribution >= 4 is 34.7 Å². The number of methoxy groups -OCH3 is 2. The van der Waals surface area contributed by atoms with Gasteiger partial charge in [-0.25, -0.2) is 0 Å². The van der Waals surface area contributed by atoms with E-state index in [9.17, 15) is 33.0 Å². The Hall–Kier alpha value is -4.18. The SMILES string of the molecule is COc1cc(OC)c(/C(O)=C2\C(=O)C(=O)N(c3cccc(C(F)(F)F)c3)C2c2ccc(O)cc2)cc1Cl. The summed E-state index contributed by atoms with van der Waals surface area (Å²) in [6.45, 7) is 0. The van der Waals surface area contributed by atoms with E-state index in [1.165, 1.54) is 56.7 Å². The molecule has 0 aliphatic carbocycles. The Balaban J connectivity index is 1.99. The van der Waals surface area contributed by atoms with Crippen LogP contribution in [0.2, 0.25) is 5.02 Å². The molecule has 11 heteroatoms. The van der Waals surface area contributed by atoms with Crippen molar-refractivity contribution in [3.8, 4) is 17.2 Å². The summed E-state index contributed by atoms with van der Waals surface area (Å²) in [7, 11) is 2.67. The number of hydrogen-bond acceptors (Lipinski definition) is 6. The maximum Gasteiger partial charge on any atom is 0.416 e. The van der Waals surface area contributed by atoms with Crippen molar-refractivity contribution in [3.05, 3.63) is 87.9 Å². The molecule has 1 atom stereocenters. The highest BCUT2D eigenvalue weighted by Crippen LogP contribution is 2.45. The predicted octanol–water partition coefficient (Wildman–Crippen LogP) is 5.71. The Labute approximate surface area is 213 Å². The van der Waals surface area contributed by atoms with Crippen molar-refractivity contribution in [1.29, 1.82) is 0 Å². The fraction of sp³-hybridized carbons (Fsp3) is 0.154. The third-order valence-corrected chi connectivity index (χ3v) is 6.13. The van der Waals surface area contributed by atoms with Gasteiger partial charge in [-0.1, -0.05) is 29.8 Å². The summed E-state index contributed by atoms with van der Waals surface area (Å²) in [6.07, 6.45) is -4.70. The lowest BCUT2D eigenvalue weighted by Crippen LogP contribution is -2.29. The van der Waals surface area contributed by atoms with Gasteiger partial charge in [0.05, 0.1) is 42.0 Å². The number of phenols is 1. The first kappa shape index (κ1) is 25.9. The lowest BCUT2D eigenvalue weighted by Gasteiger charge is -2.26. The second-order valence-corrected chi connectivity index (χ2v) is 8.40. The molecule has 1 fully saturated rings. The van der Waals surface area contributed by atoms with Crippen LogP contribution in [0.3, 0.4) is 0 Å². The van der Waals surface area contributed by atoms with Gasteiger partial charge in [-0.05, 0) is 42.0 Å². The molecule has 1 amide bonds. The van der Waals surface area contributed by atoms with E-state index in [1.54, 1.807) is 0 Å². The molecule has 3 aromatic carbocycles. The number of benzene rings is 3.